The summed E-state index contributed by atoms with van der Waals surface area (Å²) in [6.45, 7) is 7.02. The van der Waals surface area contributed by atoms with E-state index in [9.17, 15) is 5.11 Å². The van der Waals surface area contributed by atoms with E-state index in [2.05, 4.69) is 0 Å². The highest BCUT2D eigenvalue weighted by Gasteiger charge is 2.40. The van der Waals surface area contributed by atoms with E-state index < -0.39 is 14.9 Å². The summed E-state index contributed by atoms with van der Waals surface area (Å²) in [5.74, 6) is 0. The average Bonchev–Trinajstić information content (AvgIpc) is 2.29. The summed E-state index contributed by atoms with van der Waals surface area (Å²) in [5, 5.41) is 9.36. The van der Waals surface area contributed by atoms with E-state index in [4.69, 9.17) is 18.0 Å². The number of aliphatic hydroxyl groups excluding tert-OH is 1. The van der Waals surface area contributed by atoms with Gasteiger partial charge in [0.25, 0.3) is 0 Å². The molecule has 0 aromatic carbocycles. The topological polar surface area (TPSA) is 57.2 Å². The van der Waals surface area contributed by atoms with Gasteiger partial charge in [-0.15, -0.1) is 0 Å². The van der Waals surface area contributed by atoms with Crippen molar-refractivity contribution in [2.45, 2.75) is 33.3 Å². The van der Waals surface area contributed by atoms with Gasteiger partial charge in [0.1, 0.15) is 6.23 Å². The van der Waals surface area contributed by atoms with Crippen LogP contribution < -0.4 is 0 Å². The van der Waals surface area contributed by atoms with E-state index >= 15 is 0 Å². The fourth-order valence-corrected chi connectivity index (χ4v) is 3.03. The molecule has 0 fully saturated rings. The SMILES string of the molecule is CCO[Si](COCC(O)CC)(OC)OCC. The zero-order valence-electron chi connectivity index (χ0n) is 10.7. The van der Waals surface area contributed by atoms with E-state index in [-0.39, 0.29) is 12.8 Å². The monoisotopic (exact) mass is 252 g/mol. The van der Waals surface area contributed by atoms with Gasteiger partial charge in [0, 0.05) is 20.3 Å². The Kier molecular flexibility index (Phi) is 9.10. The fraction of sp³-hybridized carbons (Fsp3) is 1.00. The molecular formula is C10H24O5Si. The quantitative estimate of drug-likeness (QED) is 0.587. The molecule has 0 radical (unpaired) electrons. The molecule has 1 unspecified atom stereocenters. The van der Waals surface area contributed by atoms with Crippen LogP contribution in [-0.2, 0) is 18.0 Å². The first kappa shape index (κ1) is 16.0. The highest BCUT2D eigenvalue weighted by molar-refractivity contribution is 6.60. The van der Waals surface area contributed by atoms with Crippen LogP contribution in [0.4, 0.5) is 0 Å². The van der Waals surface area contributed by atoms with E-state index in [0.717, 1.165) is 0 Å². The lowest BCUT2D eigenvalue weighted by Gasteiger charge is -2.27. The summed E-state index contributed by atoms with van der Waals surface area (Å²) < 4.78 is 21.8. The molecule has 0 spiro atoms. The van der Waals surface area contributed by atoms with E-state index in [1.165, 1.54) is 0 Å². The predicted molar refractivity (Wildman–Crippen MR) is 63.1 cm³/mol. The first-order chi connectivity index (χ1) is 7.64. The fourth-order valence-electron chi connectivity index (χ4n) is 1.18. The smallest absolute Gasteiger partial charge is 0.391 e. The molecular weight excluding hydrogens is 228 g/mol. The van der Waals surface area contributed by atoms with Gasteiger partial charge in [-0.3, -0.25) is 0 Å². The van der Waals surface area contributed by atoms with Crippen molar-refractivity contribution in [1.29, 1.82) is 0 Å². The molecule has 16 heavy (non-hydrogen) atoms. The maximum Gasteiger partial charge on any atom is 0.527 e. The van der Waals surface area contributed by atoms with Gasteiger partial charge >= 0.3 is 8.80 Å². The van der Waals surface area contributed by atoms with E-state index in [0.29, 0.717) is 19.6 Å². The molecule has 0 rings (SSSR count). The van der Waals surface area contributed by atoms with Gasteiger partial charge in [-0.05, 0) is 20.3 Å². The van der Waals surface area contributed by atoms with Crippen LogP contribution in [0.2, 0.25) is 0 Å². The highest BCUT2D eigenvalue weighted by Crippen LogP contribution is 2.09. The lowest BCUT2D eigenvalue weighted by atomic mass is 10.3. The summed E-state index contributed by atoms with van der Waals surface area (Å²) in [5.41, 5.74) is 0. The third-order valence-electron chi connectivity index (χ3n) is 2.10. The first-order valence-electron chi connectivity index (χ1n) is 5.72. The van der Waals surface area contributed by atoms with E-state index in [1.54, 1.807) is 7.11 Å². The molecule has 5 nitrogen and oxygen atoms in total. The minimum absolute atomic E-state index is 0.280. The molecule has 0 bridgehead atoms. The summed E-state index contributed by atoms with van der Waals surface area (Å²) in [6.07, 6.45) is 0.513. The van der Waals surface area contributed by atoms with Crippen molar-refractivity contribution in [2.75, 3.05) is 33.2 Å². The predicted octanol–water partition coefficient (Wildman–Crippen LogP) is 0.971. The number of aliphatic hydroxyl groups is 1. The van der Waals surface area contributed by atoms with Crippen LogP contribution in [0.15, 0.2) is 0 Å². The summed E-state index contributed by atoms with van der Waals surface area (Å²) >= 11 is 0. The second kappa shape index (κ2) is 9.09. The Morgan fingerprint density at radius 1 is 1.12 bits per heavy atom. The Bertz CT molecular complexity index is 161. The van der Waals surface area contributed by atoms with Crippen molar-refractivity contribution < 1.29 is 23.1 Å². The average molecular weight is 252 g/mol. The van der Waals surface area contributed by atoms with Gasteiger partial charge in [-0.2, -0.15) is 0 Å². The molecule has 0 saturated heterocycles. The molecule has 1 N–H and O–H groups in total. The third kappa shape index (κ3) is 5.93. The molecule has 1 atom stereocenters. The molecule has 6 heteroatoms. The zero-order chi connectivity index (χ0) is 12.4. The summed E-state index contributed by atoms with van der Waals surface area (Å²) in [4.78, 5) is 0. The molecule has 0 aliphatic rings. The van der Waals surface area contributed by atoms with Crippen molar-refractivity contribution in [1.82, 2.24) is 0 Å². The molecule has 0 heterocycles. The Morgan fingerprint density at radius 3 is 2.06 bits per heavy atom. The van der Waals surface area contributed by atoms with Crippen molar-refractivity contribution in [3.63, 3.8) is 0 Å². The normalized spacial score (nSPS) is 14.1. The molecule has 0 aromatic rings. The van der Waals surface area contributed by atoms with Gasteiger partial charge in [0.05, 0.1) is 12.7 Å². The summed E-state index contributed by atoms with van der Waals surface area (Å²) in [7, 11) is -1.12. The second-order valence-electron chi connectivity index (χ2n) is 3.33. The molecule has 98 valence electrons. The standard InChI is InChI=1S/C10H24O5Si/c1-5-10(11)8-13-9-16(12-4,14-6-2)15-7-3/h10-11H,5-9H2,1-4H3. The summed E-state index contributed by atoms with van der Waals surface area (Å²) in [6, 6.07) is 0. The van der Waals surface area contributed by atoms with Crippen molar-refractivity contribution >= 4 is 8.80 Å². The Morgan fingerprint density at radius 2 is 1.69 bits per heavy atom. The minimum Gasteiger partial charge on any atom is -0.391 e. The Labute approximate surface area is 99.0 Å². The molecule has 0 saturated carbocycles. The van der Waals surface area contributed by atoms with Gasteiger partial charge in [-0.25, -0.2) is 0 Å². The largest absolute Gasteiger partial charge is 0.527 e. The van der Waals surface area contributed by atoms with Crippen molar-refractivity contribution in [2.24, 2.45) is 0 Å². The molecule has 0 aromatic heterocycles. The highest BCUT2D eigenvalue weighted by atomic mass is 28.4. The van der Waals surface area contributed by atoms with Crippen LogP contribution in [0.25, 0.3) is 0 Å². The Balaban J connectivity index is 4.08. The van der Waals surface area contributed by atoms with Crippen LogP contribution in [0.3, 0.4) is 0 Å². The first-order valence-corrected chi connectivity index (χ1v) is 7.66. The third-order valence-corrected chi connectivity index (χ3v) is 4.74. The maximum absolute atomic E-state index is 9.36. The number of ether oxygens (including phenoxy) is 1. The van der Waals surface area contributed by atoms with Crippen molar-refractivity contribution in [3.8, 4) is 0 Å². The van der Waals surface area contributed by atoms with Crippen LogP contribution in [0.5, 0.6) is 0 Å². The number of hydrogen-bond donors (Lipinski definition) is 1. The van der Waals surface area contributed by atoms with Crippen LogP contribution in [-0.4, -0.2) is 53.2 Å². The van der Waals surface area contributed by atoms with Crippen LogP contribution in [0, 0.1) is 0 Å². The maximum atomic E-state index is 9.36. The van der Waals surface area contributed by atoms with Gasteiger partial charge in [0.2, 0.25) is 0 Å². The van der Waals surface area contributed by atoms with Gasteiger partial charge in [0.15, 0.2) is 0 Å². The lowest BCUT2D eigenvalue weighted by Crippen LogP contribution is -2.50. The number of rotatable bonds is 10. The molecule has 0 aliphatic carbocycles. The minimum atomic E-state index is -2.68. The zero-order valence-corrected chi connectivity index (χ0v) is 11.7. The van der Waals surface area contributed by atoms with Gasteiger partial charge < -0.3 is 23.1 Å². The molecule has 0 amide bonds. The van der Waals surface area contributed by atoms with Crippen LogP contribution >= 0.6 is 0 Å². The second-order valence-corrected chi connectivity index (χ2v) is 5.97. The van der Waals surface area contributed by atoms with Crippen LogP contribution in [0.1, 0.15) is 27.2 Å². The van der Waals surface area contributed by atoms with Crippen molar-refractivity contribution in [3.05, 3.63) is 0 Å². The lowest BCUT2D eigenvalue weighted by molar-refractivity contribution is 0.00888. The van der Waals surface area contributed by atoms with Gasteiger partial charge in [-0.1, -0.05) is 6.92 Å². The molecule has 0 aliphatic heterocycles. The van der Waals surface area contributed by atoms with E-state index in [1.807, 2.05) is 20.8 Å². The number of hydrogen-bond acceptors (Lipinski definition) is 5. The Hall–Kier alpha value is 0.0169.